The van der Waals surface area contributed by atoms with E-state index in [4.69, 9.17) is 14.2 Å². The second kappa shape index (κ2) is 10.1. The van der Waals surface area contributed by atoms with Gasteiger partial charge in [-0.05, 0) is 98.7 Å². The third kappa shape index (κ3) is 4.10. The molecule has 0 bridgehead atoms. The Hall–Kier alpha value is -0.400. The zero-order valence-corrected chi connectivity index (χ0v) is 28.0. The average Bonchev–Trinajstić information content (AvgIpc) is 3.79. The Morgan fingerprint density at radius 2 is 1.58 bits per heavy atom. The highest BCUT2D eigenvalue weighted by Gasteiger charge is 2.90. The second-order valence-corrected chi connectivity index (χ2v) is 18.1. The van der Waals surface area contributed by atoms with E-state index in [2.05, 4.69) is 27.7 Å². The van der Waals surface area contributed by atoms with Crippen LogP contribution in [0.2, 0.25) is 0 Å². The first-order chi connectivity index (χ1) is 20.9. The molecule has 7 rings (SSSR count). The van der Waals surface area contributed by atoms with E-state index < -0.39 is 64.4 Å². The molecule has 2 saturated heterocycles. The van der Waals surface area contributed by atoms with Gasteiger partial charge in [-0.25, -0.2) is 0 Å². The highest BCUT2D eigenvalue weighted by atomic mass is 16.8. The van der Waals surface area contributed by atoms with Gasteiger partial charge in [0.05, 0.1) is 31.0 Å². The van der Waals surface area contributed by atoms with Crippen molar-refractivity contribution in [2.75, 3.05) is 13.2 Å². The SMILES string of the molecule is C[C@@H](CCCC(C)(C)O)[C@H]1[C@@H](O)C[C@@]2(C)[C@@H]3CCC4C(C)(C)[C@]5(O[C@@H]6OC[C@@H](O)[C@H](O)[C@H]6O)OC5C[C@@]45CC35C[C@@H](O)[C@]12CO. The molecular weight excluding hydrogens is 580 g/mol. The van der Waals surface area contributed by atoms with Crippen LogP contribution in [0, 0.1) is 50.7 Å². The summed E-state index contributed by atoms with van der Waals surface area (Å²) in [5, 5.41) is 76.5. The van der Waals surface area contributed by atoms with Crippen LogP contribution in [0.1, 0.15) is 99.3 Å². The minimum absolute atomic E-state index is 0.0534. The monoisotopic (exact) mass is 638 g/mol. The predicted octanol–water partition coefficient (Wildman–Crippen LogP) is 2.08. The standard InChI is InChI=1S/C35H58O10/c1-18(8-7-11-29(2,3)42)25-19(37)12-31(6)22-10-9-21-30(4,5)35(45-28-27(41)26(40)20(38)15-43-28)24(44-35)14-33(21)16-32(22,33)13-23(39)34(25,31)17-36/h18-28,36-42H,7-17H2,1-6H3/t18-,19-,20+,21?,22-,23+,24?,25-,26-,27+,28-,31-,32?,33+,34+,35-/m0/s1. The Kier molecular flexibility index (Phi) is 7.42. The first-order valence-electron chi connectivity index (χ1n) is 17.6. The first kappa shape index (κ1) is 33.1. The van der Waals surface area contributed by atoms with Gasteiger partial charge in [-0.3, -0.25) is 0 Å². The largest absolute Gasteiger partial charge is 0.396 e. The lowest BCUT2D eigenvalue weighted by Crippen LogP contribution is -2.65. The molecule has 0 aromatic rings. The van der Waals surface area contributed by atoms with E-state index >= 15 is 0 Å². The fraction of sp³-hybridized carbons (Fsp3) is 1.00. The molecule has 5 aliphatic carbocycles. The molecule has 5 saturated carbocycles. The molecular formula is C35H58O10. The van der Waals surface area contributed by atoms with Gasteiger partial charge in [0, 0.05) is 10.8 Å². The van der Waals surface area contributed by atoms with Crippen LogP contribution in [0.25, 0.3) is 0 Å². The highest BCUT2D eigenvalue weighted by Crippen LogP contribution is 2.91. The Bertz CT molecular complexity index is 1170. The number of epoxide rings is 1. The lowest BCUT2D eigenvalue weighted by atomic mass is 9.40. The van der Waals surface area contributed by atoms with E-state index in [0.29, 0.717) is 19.3 Å². The van der Waals surface area contributed by atoms with E-state index in [1.807, 2.05) is 13.8 Å². The van der Waals surface area contributed by atoms with Gasteiger partial charge in [-0.1, -0.05) is 40.5 Å². The van der Waals surface area contributed by atoms with Crippen LogP contribution in [0.5, 0.6) is 0 Å². The first-order valence-corrected chi connectivity index (χ1v) is 17.6. The second-order valence-electron chi connectivity index (χ2n) is 18.1. The van der Waals surface area contributed by atoms with Gasteiger partial charge in [0.25, 0.3) is 0 Å². The Balaban J connectivity index is 1.16. The summed E-state index contributed by atoms with van der Waals surface area (Å²) in [4.78, 5) is 0. The minimum atomic E-state index is -1.39. The van der Waals surface area contributed by atoms with Crippen molar-refractivity contribution in [1.29, 1.82) is 0 Å². The molecule has 0 amide bonds. The Morgan fingerprint density at radius 3 is 2.24 bits per heavy atom. The number of ether oxygens (including phenoxy) is 3. The van der Waals surface area contributed by atoms with Crippen molar-refractivity contribution in [2.24, 2.45) is 50.7 Å². The molecule has 16 atom stereocenters. The minimum Gasteiger partial charge on any atom is -0.396 e. The summed E-state index contributed by atoms with van der Waals surface area (Å²) in [7, 11) is 0. The van der Waals surface area contributed by atoms with Crippen molar-refractivity contribution in [2.45, 2.75) is 154 Å². The van der Waals surface area contributed by atoms with Crippen molar-refractivity contribution >= 4 is 0 Å². The highest BCUT2D eigenvalue weighted by molar-refractivity contribution is 5.36. The molecule has 10 heteroatoms. The number of hydrogen-bond acceptors (Lipinski definition) is 10. The summed E-state index contributed by atoms with van der Waals surface area (Å²) >= 11 is 0. The maximum atomic E-state index is 12.3. The van der Waals surface area contributed by atoms with Gasteiger partial charge in [0.15, 0.2) is 6.29 Å². The number of aliphatic hydroxyl groups is 7. The Morgan fingerprint density at radius 1 is 0.911 bits per heavy atom. The van der Waals surface area contributed by atoms with Gasteiger partial charge in [0.2, 0.25) is 5.79 Å². The maximum Gasteiger partial charge on any atom is 0.203 e. The van der Waals surface area contributed by atoms with Crippen molar-refractivity contribution in [1.82, 2.24) is 0 Å². The van der Waals surface area contributed by atoms with E-state index in [9.17, 15) is 35.7 Å². The molecule has 258 valence electrons. The zero-order chi connectivity index (χ0) is 32.8. The summed E-state index contributed by atoms with van der Waals surface area (Å²) in [6.07, 6.45) is 0.528. The number of rotatable bonds is 8. The van der Waals surface area contributed by atoms with Crippen molar-refractivity contribution in [3.05, 3.63) is 0 Å². The topological polar surface area (TPSA) is 173 Å². The van der Waals surface area contributed by atoms with Gasteiger partial charge < -0.3 is 50.0 Å². The summed E-state index contributed by atoms with van der Waals surface area (Å²) in [6.45, 7) is 12.1. The van der Waals surface area contributed by atoms with Crippen LogP contribution in [0.15, 0.2) is 0 Å². The van der Waals surface area contributed by atoms with E-state index in [-0.39, 0.29) is 53.8 Å². The number of hydrogen-bond donors (Lipinski definition) is 7. The molecule has 7 fully saturated rings. The summed E-state index contributed by atoms with van der Waals surface area (Å²) in [5.74, 6) is -0.611. The molecule has 0 radical (unpaired) electrons. The Labute approximate surface area is 267 Å². The van der Waals surface area contributed by atoms with Crippen molar-refractivity contribution in [3.8, 4) is 0 Å². The summed E-state index contributed by atoms with van der Waals surface area (Å²) < 4.78 is 18.5. The van der Waals surface area contributed by atoms with Crippen LogP contribution < -0.4 is 0 Å². The van der Waals surface area contributed by atoms with E-state index in [0.717, 1.165) is 38.5 Å². The van der Waals surface area contributed by atoms with Crippen LogP contribution in [0.4, 0.5) is 0 Å². The van der Waals surface area contributed by atoms with E-state index in [1.165, 1.54) is 0 Å². The molecule has 7 aliphatic rings. The van der Waals surface area contributed by atoms with Gasteiger partial charge in [0.1, 0.15) is 24.4 Å². The van der Waals surface area contributed by atoms with Crippen LogP contribution in [-0.4, -0.2) is 103 Å². The molecule has 0 aromatic heterocycles. The molecule has 2 heterocycles. The molecule has 2 spiro atoms. The fourth-order valence-corrected chi connectivity index (χ4v) is 13.4. The van der Waals surface area contributed by atoms with Gasteiger partial charge in [-0.15, -0.1) is 0 Å². The average molecular weight is 639 g/mol. The van der Waals surface area contributed by atoms with Gasteiger partial charge in [-0.2, -0.15) is 0 Å². The van der Waals surface area contributed by atoms with Crippen LogP contribution in [0.3, 0.4) is 0 Å². The quantitative estimate of drug-likeness (QED) is 0.154. The van der Waals surface area contributed by atoms with Crippen molar-refractivity contribution < 1.29 is 50.0 Å². The summed E-state index contributed by atoms with van der Waals surface area (Å²) in [6, 6.07) is 0. The number of aliphatic hydroxyl groups excluding tert-OH is 6. The molecule has 45 heavy (non-hydrogen) atoms. The summed E-state index contributed by atoms with van der Waals surface area (Å²) in [5.41, 5.74) is -2.58. The predicted molar refractivity (Wildman–Crippen MR) is 162 cm³/mol. The third-order valence-electron chi connectivity index (χ3n) is 15.3. The molecule has 10 nitrogen and oxygen atoms in total. The van der Waals surface area contributed by atoms with E-state index in [1.54, 1.807) is 0 Å². The van der Waals surface area contributed by atoms with Crippen LogP contribution >= 0.6 is 0 Å². The normalized spacial score (nSPS) is 56.7. The molecule has 7 N–H and O–H groups in total. The van der Waals surface area contributed by atoms with Crippen LogP contribution in [-0.2, 0) is 14.2 Å². The third-order valence-corrected chi connectivity index (χ3v) is 15.3. The van der Waals surface area contributed by atoms with Gasteiger partial charge >= 0.3 is 0 Å². The fourth-order valence-electron chi connectivity index (χ4n) is 13.4. The lowest BCUT2D eigenvalue weighted by Gasteiger charge is -2.64. The molecule has 0 aromatic carbocycles. The lowest BCUT2D eigenvalue weighted by molar-refractivity contribution is -0.324. The smallest absolute Gasteiger partial charge is 0.203 e. The number of fused-ring (bicyclic) bond motifs is 3. The maximum absolute atomic E-state index is 12.3. The zero-order valence-electron chi connectivity index (χ0n) is 28.0. The van der Waals surface area contributed by atoms with Crippen molar-refractivity contribution in [3.63, 3.8) is 0 Å². The molecule has 3 unspecified atom stereocenters. The molecule has 2 aliphatic heterocycles.